The maximum absolute atomic E-state index is 4.86. The van der Waals surface area contributed by atoms with Gasteiger partial charge in [0.2, 0.25) is 0 Å². The van der Waals surface area contributed by atoms with Gasteiger partial charge in [-0.25, -0.2) is 14.6 Å². The molecule has 1 aliphatic heterocycles. The molecule has 5 nitrogen and oxygen atoms in total. The van der Waals surface area contributed by atoms with Crippen LogP contribution in [0.4, 0.5) is 5.82 Å². The Morgan fingerprint density at radius 1 is 0.840 bits per heavy atom. The third kappa shape index (κ3) is 3.27. The number of hydrogen-bond acceptors (Lipinski definition) is 4. The molecule has 4 rings (SSSR count). The average molecular weight is 333 g/mol. The molecule has 2 aromatic heterocycles. The zero-order chi connectivity index (χ0) is 17.2. The summed E-state index contributed by atoms with van der Waals surface area (Å²) in [5.74, 6) is 2.59. The molecule has 3 aromatic rings. The van der Waals surface area contributed by atoms with E-state index >= 15 is 0 Å². The predicted octanol–water partition coefficient (Wildman–Crippen LogP) is 3.94. The number of benzene rings is 1. The first-order chi connectivity index (χ1) is 12.2. The molecule has 0 amide bonds. The highest BCUT2D eigenvalue weighted by Crippen LogP contribution is 2.24. The zero-order valence-corrected chi connectivity index (χ0v) is 14.8. The van der Waals surface area contributed by atoms with E-state index in [1.807, 2.05) is 29.8 Å². The van der Waals surface area contributed by atoms with E-state index in [-0.39, 0.29) is 0 Å². The van der Waals surface area contributed by atoms with Gasteiger partial charge in [-0.3, -0.25) is 0 Å². The largest absolute Gasteiger partial charge is 0.356 e. The van der Waals surface area contributed by atoms with Crippen LogP contribution in [-0.2, 0) is 0 Å². The van der Waals surface area contributed by atoms with Gasteiger partial charge in [-0.2, -0.15) is 5.10 Å². The molecular formula is C20H23N5. The van der Waals surface area contributed by atoms with Gasteiger partial charge in [0.15, 0.2) is 11.6 Å². The Kier molecular flexibility index (Phi) is 4.22. The highest BCUT2D eigenvalue weighted by atomic mass is 15.3. The lowest BCUT2D eigenvalue weighted by Gasteiger charge is -2.28. The van der Waals surface area contributed by atoms with Crippen LogP contribution >= 0.6 is 0 Å². The molecule has 25 heavy (non-hydrogen) atoms. The van der Waals surface area contributed by atoms with Crippen LogP contribution in [0, 0.1) is 13.8 Å². The van der Waals surface area contributed by atoms with Crippen molar-refractivity contribution in [2.75, 3.05) is 18.0 Å². The van der Waals surface area contributed by atoms with E-state index in [1.165, 1.54) is 19.3 Å². The molecule has 0 saturated carbocycles. The van der Waals surface area contributed by atoms with Gasteiger partial charge in [-0.1, -0.05) is 30.3 Å². The molecule has 0 bridgehead atoms. The maximum atomic E-state index is 4.86. The fourth-order valence-corrected chi connectivity index (χ4v) is 3.39. The maximum Gasteiger partial charge on any atom is 0.163 e. The molecule has 3 heterocycles. The van der Waals surface area contributed by atoms with E-state index in [9.17, 15) is 0 Å². The van der Waals surface area contributed by atoms with Crippen molar-refractivity contribution < 1.29 is 0 Å². The summed E-state index contributed by atoms with van der Waals surface area (Å²) in [6.07, 6.45) is 3.75. The van der Waals surface area contributed by atoms with Crippen molar-refractivity contribution in [1.29, 1.82) is 0 Å². The molecular weight excluding hydrogens is 310 g/mol. The summed E-state index contributed by atoms with van der Waals surface area (Å²) in [5.41, 5.74) is 3.11. The van der Waals surface area contributed by atoms with E-state index in [0.717, 1.165) is 47.5 Å². The molecule has 0 N–H and O–H groups in total. The molecule has 0 radical (unpaired) electrons. The van der Waals surface area contributed by atoms with Gasteiger partial charge in [0, 0.05) is 30.4 Å². The van der Waals surface area contributed by atoms with Gasteiger partial charge < -0.3 is 4.90 Å². The van der Waals surface area contributed by atoms with Crippen molar-refractivity contribution in [1.82, 2.24) is 19.7 Å². The van der Waals surface area contributed by atoms with E-state index in [2.05, 4.69) is 41.2 Å². The Balaban J connectivity index is 1.84. The molecule has 1 saturated heterocycles. The minimum absolute atomic E-state index is 0.756. The van der Waals surface area contributed by atoms with Crippen LogP contribution in [0.25, 0.3) is 17.2 Å². The molecule has 5 heteroatoms. The van der Waals surface area contributed by atoms with Crippen LogP contribution in [0.3, 0.4) is 0 Å². The number of piperidine rings is 1. The lowest BCUT2D eigenvalue weighted by atomic mass is 10.1. The number of nitrogens with zero attached hydrogens (tertiary/aromatic N) is 5. The van der Waals surface area contributed by atoms with Crippen molar-refractivity contribution in [3.63, 3.8) is 0 Å². The number of hydrogen-bond donors (Lipinski definition) is 0. The Morgan fingerprint density at radius 3 is 2.24 bits per heavy atom. The minimum Gasteiger partial charge on any atom is -0.356 e. The van der Waals surface area contributed by atoms with Crippen LogP contribution in [0.2, 0.25) is 0 Å². The second kappa shape index (κ2) is 6.67. The van der Waals surface area contributed by atoms with Crippen LogP contribution in [0.15, 0.2) is 42.5 Å². The fourth-order valence-electron chi connectivity index (χ4n) is 3.39. The topological polar surface area (TPSA) is 46.8 Å². The molecule has 0 unspecified atom stereocenters. The first-order valence-electron chi connectivity index (χ1n) is 8.94. The van der Waals surface area contributed by atoms with Gasteiger partial charge in [0.05, 0.1) is 5.69 Å². The van der Waals surface area contributed by atoms with E-state index in [1.54, 1.807) is 0 Å². The molecule has 0 aliphatic carbocycles. The number of aryl methyl sites for hydroxylation is 2. The van der Waals surface area contributed by atoms with Gasteiger partial charge >= 0.3 is 0 Å². The van der Waals surface area contributed by atoms with Gasteiger partial charge in [-0.15, -0.1) is 0 Å². The second-order valence-electron chi connectivity index (χ2n) is 6.66. The van der Waals surface area contributed by atoms with Gasteiger partial charge in [-0.05, 0) is 39.2 Å². The Morgan fingerprint density at radius 2 is 1.56 bits per heavy atom. The first-order valence-corrected chi connectivity index (χ1v) is 8.94. The third-order valence-electron chi connectivity index (χ3n) is 4.64. The quantitative estimate of drug-likeness (QED) is 0.728. The Bertz CT molecular complexity index is 863. The molecule has 128 valence electrons. The van der Waals surface area contributed by atoms with E-state index in [4.69, 9.17) is 9.97 Å². The summed E-state index contributed by atoms with van der Waals surface area (Å²) in [7, 11) is 0. The van der Waals surface area contributed by atoms with Crippen LogP contribution in [-0.4, -0.2) is 32.8 Å². The summed E-state index contributed by atoms with van der Waals surface area (Å²) in [4.78, 5) is 12.0. The number of anilines is 1. The third-order valence-corrected chi connectivity index (χ3v) is 4.64. The minimum atomic E-state index is 0.756. The van der Waals surface area contributed by atoms with E-state index < -0.39 is 0 Å². The lowest BCUT2D eigenvalue weighted by Crippen LogP contribution is -2.30. The molecule has 1 fully saturated rings. The number of aromatic nitrogens is 4. The summed E-state index contributed by atoms with van der Waals surface area (Å²) in [6.45, 7) is 6.18. The Hall–Kier alpha value is -2.69. The highest BCUT2D eigenvalue weighted by molar-refractivity contribution is 5.59. The molecule has 0 atom stereocenters. The number of rotatable bonds is 3. The van der Waals surface area contributed by atoms with Crippen molar-refractivity contribution >= 4 is 5.82 Å². The lowest BCUT2D eigenvalue weighted by molar-refractivity contribution is 0.573. The smallest absolute Gasteiger partial charge is 0.163 e. The van der Waals surface area contributed by atoms with Gasteiger partial charge in [0.25, 0.3) is 0 Å². The summed E-state index contributed by atoms with van der Waals surface area (Å²) in [6, 6.07) is 14.3. The van der Waals surface area contributed by atoms with Crippen LogP contribution in [0.5, 0.6) is 0 Å². The van der Waals surface area contributed by atoms with Crippen LogP contribution < -0.4 is 4.90 Å². The fraction of sp³-hybridized carbons (Fsp3) is 0.350. The molecule has 0 spiro atoms. The summed E-state index contributed by atoms with van der Waals surface area (Å²) >= 11 is 0. The standard InChI is InChI=1S/C20H23N5/c1-15-13-16(2)25(23-15)19-14-18(24-11-7-4-8-12-24)21-20(22-19)17-9-5-3-6-10-17/h3,5-6,9-10,13-14H,4,7-8,11-12H2,1-2H3. The normalized spacial score (nSPS) is 14.7. The SMILES string of the molecule is Cc1cc(C)n(-c2cc(N3CCCCC3)nc(-c3ccccc3)n2)n1. The molecule has 1 aromatic carbocycles. The van der Waals surface area contributed by atoms with Gasteiger partial charge in [0.1, 0.15) is 5.82 Å². The van der Waals surface area contributed by atoms with E-state index in [0.29, 0.717) is 0 Å². The monoisotopic (exact) mass is 333 g/mol. The second-order valence-corrected chi connectivity index (χ2v) is 6.66. The first kappa shape index (κ1) is 15.8. The molecule has 1 aliphatic rings. The van der Waals surface area contributed by atoms with Crippen LogP contribution in [0.1, 0.15) is 30.7 Å². The zero-order valence-electron chi connectivity index (χ0n) is 14.8. The highest BCUT2D eigenvalue weighted by Gasteiger charge is 2.17. The predicted molar refractivity (Wildman–Crippen MR) is 100 cm³/mol. The Labute approximate surface area is 148 Å². The van der Waals surface area contributed by atoms with Crippen molar-refractivity contribution in [2.24, 2.45) is 0 Å². The van der Waals surface area contributed by atoms with Crippen molar-refractivity contribution in [3.05, 3.63) is 53.9 Å². The van der Waals surface area contributed by atoms with Crippen molar-refractivity contribution in [2.45, 2.75) is 33.1 Å². The van der Waals surface area contributed by atoms with Crippen molar-refractivity contribution in [3.8, 4) is 17.2 Å². The average Bonchev–Trinajstić information content (AvgIpc) is 3.01. The summed E-state index contributed by atoms with van der Waals surface area (Å²) in [5, 5.41) is 4.61. The summed E-state index contributed by atoms with van der Waals surface area (Å²) < 4.78 is 1.91.